The van der Waals surface area contributed by atoms with Crippen LogP contribution >= 0.6 is 11.6 Å². The van der Waals surface area contributed by atoms with Crippen LogP contribution in [0.2, 0.25) is 5.02 Å². The Morgan fingerprint density at radius 3 is 1.92 bits per heavy atom. The van der Waals surface area contributed by atoms with E-state index in [4.69, 9.17) is 21.1 Å². The van der Waals surface area contributed by atoms with Gasteiger partial charge in [0, 0.05) is 5.02 Å². The minimum absolute atomic E-state index is 0.00898. The van der Waals surface area contributed by atoms with Crippen molar-refractivity contribution in [2.75, 3.05) is 6.54 Å². The molecule has 0 N–H and O–H groups in total. The van der Waals surface area contributed by atoms with Crippen LogP contribution in [0.5, 0.6) is 0 Å². The molecule has 0 aliphatic heterocycles. The zero-order valence-corrected chi connectivity index (χ0v) is 16.4. The van der Waals surface area contributed by atoms with Crippen molar-refractivity contribution in [3.8, 4) is 0 Å². The molecule has 0 spiro atoms. The highest BCUT2D eigenvalue weighted by Gasteiger charge is 2.30. The summed E-state index contributed by atoms with van der Waals surface area (Å²) in [5.41, 5.74) is -0.648. The van der Waals surface area contributed by atoms with Crippen LogP contribution in [0, 0.1) is 0 Å². The van der Waals surface area contributed by atoms with Gasteiger partial charge in [0.25, 0.3) is 0 Å². The lowest BCUT2D eigenvalue weighted by Crippen LogP contribution is -2.43. The fourth-order valence-electron chi connectivity index (χ4n) is 1.75. The average molecular weight is 368 g/mol. The first-order chi connectivity index (χ1) is 11.4. The number of hydrogen-bond donors (Lipinski definition) is 0. The van der Waals surface area contributed by atoms with Crippen molar-refractivity contribution in [3.63, 3.8) is 0 Å². The number of benzene rings is 1. The molecule has 0 aromatic heterocycles. The van der Waals surface area contributed by atoms with Gasteiger partial charge in [0.1, 0.15) is 11.2 Å². The number of carbonyl (C=O) groups excluding carboxylic acids is 2. The maximum atomic E-state index is 12.3. The van der Waals surface area contributed by atoms with Gasteiger partial charge in [-0.25, -0.2) is 14.5 Å². The van der Waals surface area contributed by atoms with Crippen LogP contribution in [0.4, 0.5) is 9.59 Å². The third-order valence-corrected chi connectivity index (χ3v) is 3.06. The van der Waals surface area contributed by atoms with Gasteiger partial charge >= 0.3 is 12.2 Å². The predicted octanol–water partition coefficient (Wildman–Crippen LogP) is 5.53. The second kappa shape index (κ2) is 8.39. The molecule has 2 amide bonds. The molecule has 0 atom stereocenters. The highest BCUT2D eigenvalue weighted by Crippen LogP contribution is 2.17. The van der Waals surface area contributed by atoms with Crippen molar-refractivity contribution in [1.82, 2.24) is 4.90 Å². The topological polar surface area (TPSA) is 55.8 Å². The lowest BCUT2D eigenvalue weighted by Gasteiger charge is -2.28. The van der Waals surface area contributed by atoms with E-state index in [9.17, 15) is 9.59 Å². The largest absolute Gasteiger partial charge is 0.443 e. The summed E-state index contributed by atoms with van der Waals surface area (Å²) in [5, 5.41) is 0.583. The number of halogens is 1. The Morgan fingerprint density at radius 1 is 1.00 bits per heavy atom. The van der Waals surface area contributed by atoms with Crippen LogP contribution in [0.1, 0.15) is 47.1 Å². The van der Waals surface area contributed by atoms with Gasteiger partial charge in [-0.1, -0.05) is 42.0 Å². The van der Waals surface area contributed by atoms with E-state index in [1.807, 2.05) is 18.2 Å². The van der Waals surface area contributed by atoms with Crippen molar-refractivity contribution < 1.29 is 19.1 Å². The predicted molar refractivity (Wildman–Crippen MR) is 99.7 cm³/mol. The minimum atomic E-state index is -0.759. The van der Waals surface area contributed by atoms with E-state index >= 15 is 0 Å². The first kappa shape index (κ1) is 21.0. The van der Waals surface area contributed by atoms with Crippen LogP contribution in [-0.2, 0) is 9.47 Å². The Balaban J connectivity index is 2.92. The molecule has 0 aliphatic rings. The van der Waals surface area contributed by atoms with E-state index in [0.717, 1.165) is 10.5 Å². The Hall–Kier alpha value is -2.01. The molecular formula is C19H26ClNO4. The van der Waals surface area contributed by atoms with Gasteiger partial charge in [-0.05, 0) is 53.2 Å². The highest BCUT2D eigenvalue weighted by atomic mass is 35.5. The zero-order chi connectivity index (χ0) is 19.3. The molecule has 0 aliphatic carbocycles. The number of carbonyl (C=O) groups is 2. The second-order valence-electron chi connectivity index (χ2n) is 7.50. The monoisotopic (exact) mass is 367 g/mol. The minimum Gasteiger partial charge on any atom is -0.443 e. The van der Waals surface area contributed by atoms with Crippen LogP contribution in [-0.4, -0.2) is 34.8 Å². The maximum absolute atomic E-state index is 12.3. The lowest BCUT2D eigenvalue weighted by molar-refractivity contribution is 0.00377. The molecule has 0 saturated heterocycles. The molecule has 1 rings (SSSR count). The second-order valence-corrected chi connectivity index (χ2v) is 7.90. The van der Waals surface area contributed by atoms with E-state index in [-0.39, 0.29) is 6.54 Å². The Kier molecular flexibility index (Phi) is 7.06. The first-order valence-corrected chi connectivity index (χ1v) is 8.41. The summed E-state index contributed by atoms with van der Waals surface area (Å²) < 4.78 is 10.6. The van der Waals surface area contributed by atoms with Crippen molar-refractivity contribution in [3.05, 3.63) is 40.9 Å². The quantitative estimate of drug-likeness (QED) is 0.705. The van der Waals surface area contributed by atoms with Crippen molar-refractivity contribution in [2.24, 2.45) is 0 Å². The SMILES string of the molecule is CC(C)(C)OC(=O)N(C/C=C/c1ccccc1Cl)C(=O)OC(C)(C)C. The number of rotatable bonds is 3. The fourth-order valence-corrected chi connectivity index (χ4v) is 1.95. The van der Waals surface area contributed by atoms with Gasteiger partial charge in [-0.2, -0.15) is 0 Å². The summed E-state index contributed by atoms with van der Waals surface area (Å²) in [4.78, 5) is 25.6. The van der Waals surface area contributed by atoms with Crippen molar-refractivity contribution in [2.45, 2.75) is 52.7 Å². The lowest BCUT2D eigenvalue weighted by atomic mass is 10.2. The molecule has 6 heteroatoms. The summed E-state index contributed by atoms with van der Waals surface area (Å²) in [6.45, 7) is 10.4. The summed E-state index contributed by atoms with van der Waals surface area (Å²) in [7, 11) is 0. The van der Waals surface area contributed by atoms with Gasteiger partial charge in [0.2, 0.25) is 0 Å². The summed E-state index contributed by atoms with van der Waals surface area (Å²) >= 11 is 6.09. The highest BCUT2D eigenvalue weighted by molar-refractivity contribution is 6.32. The summed E-state index contributed by atoms with van der Waals surface area (Å²) in [5.74, 6) is 0. The number of amides is 2. The molecule has 0 unspecified atom stereocenters. The van der Waals surface area contributed by atoms with E-state index in [2.05, 4.69) is 0 Å². The summed E-state index contributed by atoms with van der Waals surface area (Å²) in [6, 6.07) is 7.28. The molecule has 0 fully saturated rings. The first-order valence-electron chi connectivity index (χ1n) is 8.03. The zero-order valence-electron chi connectivity index (χ0n) is 15.6. The Labute approximate surface area is 154 Å². The Bertz CT molecular complexity index is 614. The molecule has 25 heavy (non-hydrogen) atoms. The standard InChI is InChI=1S/C19H26ClNO4/c1-18(2,3)24-16(22)21(17(23)25-19(4,5)6)13-9-11-14-10-7-8-12-15(14)20/h7-12H,13H2,1-6H3/b11-9+. The van der Waals surface area contributed by atoms with Gasteiger partial charge in [-0.3, -0.25) is 0 Å². The molecular weight excluding hydrogens is 342 g/mol. The van der Waals surface area contributed by atoms with E-state index in [1.54, 1.807) is 59.8 Å². The number of nitrogens with zero attached hydrogens (tertiary/aromatic N) is 1. The number of hydrogen-bond acceptors (Lipinski definition) is 4. The molecule has 1 aromatic rings. The van der Waals surface area contributed by atoms with Crippen LogP contribution < -0.4 is 0 Å². The van der Waals surface area contributed by atoms with E-state index < -0.39 is 23.4 Å². The number of imide groups is 1. The maximum Gasteiger partial charge on any atom is 0.420 e. The van der Waals surface area contributed by atoms with E-state index in [0.29, 0.717) is 5.02 Å². The molecule has 0 bridgehead atoms. The van der Waals surface area contributed by atoms with Gasteiger partial charge in [0.05, 0.1) is 6.54 Å². The fraction of sp³-hybridized carbons (Fsp3) is 0.474. The Morgan fingerprint density at radius 2 is 1.48 bits per heavy atom. The summed E-state index contributed by atoms with van der Waals surface area (Å²) in [6.07, 6.45) is 1.88. The number of ether oxygens (including phenoxy) is 2. The third kappa shape index (κ3) is 8.07. The smallest absolute Gasteiger partial charge is 0.420 e. The van der Waals surface area contributed by atoms with Crippen LogP contribution in [0.25, 0.3) is 6.08 Å². The van der Waals surface area contributed by atoms with Gasteiger partial charge in [0.15, 0.2) is 0 Å². The molecule has 0 heterocycles. The van der Waals surface area contributed by atoms with Gasteiger partial charge < -0.3 is 9.47 Å². The van der Waals surface area contributed by atoms with Crippen LogP contribution in [0.3, 0.4) is 0 Å². The van der Waals surface area contributed by atoms with Gasteiger partial charge in [-0.15, -0.1) is 0 Å². The average Bonchev–Trinajstić information content (AvgIpc) is 2.41. The van der Waals surface area contributed by atoms with Crippen molar-refractivity contribution in [1.29, 1.82) is 0 Å². The molecule has 138 valence electrons. The van der Waals surface area contributed by atoms with Crippen LogP contribution in [0.15, 0.2) is 30.3 Å². The molecule has 0 saturated carbocycles. The molecule has 1 aromatic carbocycles. The normalized spacial score (nSPS) is 12.1. The molecule has 5 nitrogen and oxygen atoms in total. The van der Waals surface area contributed by atoms with Crippen molar-refractivity contribution >= 4 is 29.9 Å². The molecule has 0 radical (unpaired) electrons. The third-order valence-electron chi connectivity index (χ3n) is 2.72. The van der Waals surface area contributed by atoms with E-state index in [1.165, 1.54) is 0 Å².